The van der Waals surface area contributed by atoms with Gasteiger partial charge in [0.1, 0.15) is 0 Å². The summed E-state index contributed by atoms with van der Waals surface area (Å²) >= 11 is 0. The molecular formula is C12H13FN2O3. The molecule has 1 heterocycles. The summed E-state index contributed by atoms with van der Waals surface area (Å²) in [6, 6.07) is 2.42. The lowest BCUT2D eigenvalue weighted by atomic mass is 9.74. The number of carbonyl (C=O) groups is 2. The number of carboxylic acid groups (broad SMARTS) is 1. The minimum Gasteiger partial charge on any atom is -0.481 e. The molecule has 1 aromatic rings. The van der Waals surface area contributed by atoms with Crippen LogP contribution >= 0.6 is 0 Å². The number of hydrogen-bond donors (Lipinski definition) is 2. The summed E-state index contributed by atoms with van der Waals surface area (Å²) in [6.07, 6.45) is 3.26. The first-order valence-electron chi connectivity index (χ1n) is 5.67. The van der Waals surface area contributed by atoms with Gasteiger partial charge in [-0.15, -0.1) is 0 Å². The predicted molar refractivity (Wildman–Crippen MR) is 60.5 cm³/mol. The van der Waals surface area contributed by atoms with Gasteiger partial charge in [-0.1, -0.05) is 0 Å². The van der Waals surface area contributed by atoms with Crippen molar-refractivity contribution in [3.05, 3.63) is 29.8 Å². The first-order valence-corrected chi connectivity index (χ1v) is 5.67. The van der Waals surface area contributed by atoms with Crippen molar-refractivity contribution in [1.82, 2.24) is 10.3 Å². The predicted octanol–water partition coefficient (Wildman–Crippen LogP) is 1.35. The van der Waals surface area contributed by atoms with Gasteiger partial charge < -0.3 is 10.4 Å². The van der Waals surface area contributed by atoms with E-state index < -0.39 is 23.4 Å². The largest absolute Gasteiger partial charge is 0.481 e. The number of nitrogens with zero attached hydrogens (tertiary/aromatic N) is 1. The number of hydrogen-bond acceptors (Lipinski definition) is 3. The number of rotatable bonds is 4. The van der Waals surface area contributed by atoms with Crippen LogP contribution < -0.4 is 5.32 Å². The highest BCUT2D eigenvalue weighted by Crippen LogP contribution is 2.35. The second kappa shape index (κ2) is 4.72. The molecule has 1 aliphatic carbocycles. The molecule has 0 aromatic carbocycles. The van der Waals surface area contributed by atoms with Crippen molar-refractivity contribution in [1.29, 1.82) is 0 Å². The standard InChI is InChI=1S/C12H13FN2O3/c13-9-6-8(2-5-14-9)11(18)15-12(3-1-4-12)7-10(16)17/h2,5-6H,1,3-4,7H2,(H,15,18)(H,16,17). The highest BCUT2D eigenvalue weighted by atomic mass is 19.1. The Balaban J connectivity index is 2.08. The maximum absolute atomic E-state index is 12.9. The van der Waals surface area contributed by atoms with Crippen molar-refractivity contribution >= 4 is 11.9 Å². The van der Waals surface area contributed by atoms with E-state index in [4.69, 9.17) is 5.11 Å². The van der Waals surface area contributed by atoms with E-state index in [-0.39, 0.29) is 12.0 Å². The van der Waals surface area contributed by atoms with Crippen LogP contribution in [0.25, 0.3) is 0 Å². The topological polar surface area (TPSA) is 79.3 Å². The van der Waals surface area contributed by atoms with E-state index in [9.17, 15) is 14.0 Å². The summed E-state index contributed by atoms with van der Waals surface area (Å²) in [5.41, 5.74) is -0.526. The Bertz CT molecular complexity index is 486. The van der Waals surface area contributed by atoms with E-state index in [1.165, 1.54) is 12.3 Å². The maximum Gasteiger partial charge on any atom is 0.305 e. The van der Waals surface area contributed by atoms with Gasteiger partial charge in [0.25, 0.3) is 5.91 Å². The van der Waals surface area contributed by atoms with Crippen LogP contribution in [0.15, 0.2) is 18.3 Å². The van der Waals surface area contributed by atoms with Crippen LogP contribution in [-0.2, 0) is 4.79 Å². The third-order valence-corrected chi connectivity index (χ3v) is 3.17. The molecule has 0 unspecified atom stereocenters. The Morgan fingerprint density at radius 2 is 2.22 bits per heavy atom. The molecule has 0 spiro atoms. The first kappa shape index (κ1) is 12.5. The van der Waals surface area contributed by atoms with Crippen LogP contribution in [0.3, 0.4) is 0 Å². The van der Waals surface area contributed by atoms with E-state index in [0.29, 0.717) is 12.8 Å². The number of halogens is 1. The van der Waals surface area contributed by atoms with Gasteiger partial charge in [0.2, 0.25) is 5.95 Å². The zero-order valence-electron chi connectivity index (χ0n) is 9.65. The van der Waals surface area contributed by atoms with Crippen molar-refractivity contribution in [2.75, 3.05) is 0 Å². The molecule has 5 nitrogen and oxygen atoms in total. The smallest absolute Gasteiger partial charge is 0.305 e. The molecule has 6 heteroatoms. The highest BCUT2D eigenvalue weighted by Gasteiger charge is 2.40. The summed E-state index contributed by atoms with van der Waals surface area (Å²) in [6.45, 7) is 0. The number of pyridine rings is 1. The summed E-state index contributed by atoms with van der Waals surface area (Å²) in [7, 11) is 0. The molecule has 1 amide bonds. The van der Waals surface area contributed by atoms with Gasteiger partial charge in [-0.25, -0.2) is 4.98 Å². The van der Waals surface area contributed by atoms with Crippen LogP contribution in [-0.4, -0.2) is 27.5 Å². The summed E-state index contributed by atoms with van der Waals surface area (Å²) < 4.78 is 12.9. The molecule has 0 atom stereocenters. The van der Waals surface area contributed by atoms with E-state index in [0.717, 1.165) is 12.5 Å². The SMILES string of the molecule is O=C(O)CC1(NC(=O)c2ccnc(F)c2)CCC1. The second-order valence-electron chi connectivity index (χ2n) is 4.53. The minimum atomic E-state index is -0.948. The summed E-state index contributed by atoms with van der Waals surface area (Å²) in [5, 5.41) is 11.5. The number of nitrogens with one attached hydrogen (secondary N) is 1. The molecule has 96 valence electrons. The van der Waals surface area contributed by atoms with Crippen LogP contribution in [0.2, 0.25) is 0 Å². The third kappa shape index (κ3) is 2.64. The zero-order valence-corrected chi connectivity index (χ0v) is 9.65. The van der Waals surface area contributed by atoms with Gasteiger partial charge in [0.05, 0.1) is 12.0 Å². The molecule has 0 bridgehead atoms. The Kier molecular flexibility index (Phi) is 3.27. The van der Waals surface area contributed by atoms with Gasteiger partial charge in [0, 0.05) is 17.8 Å². The molecule has 0 radical (unpaired) electrons. The second-order valence-corrected chi connectivity index (χ2v) is 4.53. The quantitative estimate of drug-likeness (QED) is 0.793. The zero-order chi connectivity index (χ0) is 13.2. The molecule has 2 rings (SSSR count). The molecule has 2 N–H and O–H groups in total. The van der Waals surface area contributed by atoms with Crippen molar-refractivity contribution in [3.63, 3.8) is 0 Å². The third-order valence-electron chi connectivity index (χ3n) is 3.17. The Labute approximate surface area is 103 Å². The fraction of sp³-hybridized carbons (Fsp3) is 0.417. The lowest BCUT2D eigenvalue weighted by Crippen LogP contribution is -2.54. The van der Waals surface area contributed by atoms with Crippen LogP contribution in [0, 0.1) is 5.95 Å². The first-order chi connectivity index (χ1) is 8.51. The summed E-state index contributed by atoms with van der Waals surface area (Å²) in [5.74, 6) is -2.14. The molecule has 18 heavy (non-hydrogen) atoms. The molecule has 1 aliphatic rings. The van der Waals surface area contributed by atoms with Crippen LogP contribution in [0.1, 0.15) is 36.0 Å². The van der Waals surface area contributed by atoms with Crippen molar-refractivity contribution in [2.45, 2.75) is 31.2 Å². The molecular weight excluding hydrogens is 239 g/mol. The lowest BCUT2D eigenvalue weighted by molar-refractivity contribution is -0.139. The fourth-order valence-electron chi connectivity index (χ4n) is 2.10. The van der Waals surface area contributed by atoms with Crippen molar-refractivity contribution in [3.8, 4) is 0 Å². The number of carboxylic acids is 1. The Morgan fingerprint density at radius 1 is 1.50 bits per heavy atom. The normalized spacial score (nSPS) is 16.7. The van der Waals surface area contributed by atoms with E-state index in [1.807, 2.05) is 0 Å². The van der Waals surface area contributed by atoms with E-state index in [2.05, 4.69) is 10.3 Å². The molecule has 0 saturated heterocycles. The van der Waals surface area contributed by atoms with Crippen LogP contribution in [0.5, 0.6) is 0 Å². The number of aliphatic carboxylic acids is 1. The highest BCUT2D eigenvalue weighted by molar-refractivity contribution is 5.95. The number of aromatic nitrogens is 1. The molecule has 1 fully saturated rings. The Hall–Kier alpha value is -1.98. The number of amides is 1. The maximum atomic E-state index is 12.9. The average molecular weight is 252 g/mol. The van der Waals surface area contributed by atoms with Crippen molar-refractivity contribution in [2.24, 2.45) is 0 Å². The van der Waals surface area contributed by atoms with Gasteiger partial charge in [-0.3, -0.25) is 9.59 Å². The van der Waals surface area contributed by atoms with Gasteiger partial charge in [-0.2, -0.15) is 4.39 Å². The van der Waals surface area contributed by atoms with Gasteiger partial charge in [-0.05, 0) is 25.3 Å². The fourth-order valence-corrected chi connectivity index (χ4v) is 2.10. The van der Waals surface area contributed by atoms with Crippen LogP contribution in [0.4, 0.5) is 4.39 Å². The Morgan fingerprint density at radius 3 is 2.72 bits per heavy atom. The van der Waals surface area contributed by atoms with E-state index >= 15 is 0 Å². The lowest BCUT2D eigenvalue weighted by Gasteiger charge is -2.41. The monoisotopic (exact) mass is 252 g/mol. The van der Waals surface area contributed by atoms with Crippen molar-refractivity contribution < 1.29 is 19.1 Å². The van der Waals surface area contributed by atoms with E-state index in [1.54, 1.807) is 0 Å². The molecule has 1 aromatic heterocycles. The van der Waals surface area contributed by atoms with Gasteiger partial charge in [0.15, 0.2) is 0 Å². The minimum absolute atomic E-state index is 0.105. The average Bonchev–Trinajstić information content (AvgIpc) is 2.25. The van der Waals surface area contributed by atoms with Gasteiger partial charge >= 0.3 is 5.97 Å². The molecule has 1 saturated carbocycles. The molecule has 0 aliphatic heterocycles. The number of carbonyl (C=O) groups excluding carboxylic acids is 1. The summed E-state index contributed by atoms with van der Waals surface area (Å²) in [4.78, 5) is 26.0.